The summed E-state index contributed by atoms with van der Waals surface area (Å²) in [5.41, 5.74) is 16.4. The summed E-state index contributed by atoms with van der Waals surface area (Å²) in [6, 6.07) is 92.6. The zero-order chi connectivity index (χ0) is 42.4. The summed E-state index contributed by atoms with van der Waals surface area (Å²) in [5, 5.41) is 7.51. The lowest BCUT2D eigenvalue weighted by atomic mass is 9.95. The Bertz CT molecular complexity index is 3590. The fourth-order valence-corrected chi connectivity index (χ4v) is 9.73. The molecule has 0 unspecified atom stereocenters. The van der Waals surface area contributed by atoms with Crippen molar-refractivity contribution in [3.8, 4) is 50.2 Å². The van der Waals surface area contributed by atoms with Gasteiger partial charge in [-0.3, -0.25) is 0 Å². The maximum absolute atomic E-state index is 2.41. The Labute approximate surface area is 373 Å². The minimum absolute atomic E-state index is 1.09. The molecule has 64 heavy (non-hydrogen) atoms. The van der Waals surface area contributed by atoms with Crippen LogP contribution >= 0.6 is 0 Å². The Morgan fingerprint density at radius 1 is 0.266 bits per heavy atom. The van der Waals surface area contributed by atoms with Crippen LogP contribution in [0.1, 0.15) is 0 Å². The van der Waals surface area contributed by atoms with Crippen molar-refractivity contribution < 1.29 is 0 Å². The van der Waals surface area contributed by atoms with Crippen LogP contribution < -0.4 is 4.90 Å². The number of hydrogen-bond donors (Lipinski definition) is 0. The van der Waals surface area contributed by atoms with Gasteiger partial charge < -0.3 is 9.47 Å². The van der Waals surface area contributed by atoms with Gasteiger partial charge in [0.2, 0.25) is 0 Å². The highest BCUT2D eigenvalue weighted by Crippen LogP contribution is 2.44. The van der Waals surface area contributed by atoms with Gasteiger partial charge in [-0.1, -0.05) is 200 Å². The molecule has 0 atom stereocenters. The van der Waals surface area contributed by atoms with Gasteiger partial charge in [0.05, 0.1) is 16.7 Å². The fourth-order valence-electron chi connectivity index (χ4n) is 9.73. The van der Waals surface area contributed by atoms with E-state index in [0.29, 0.717) is 0 Å². The van der Waals surface area contributed by atoms with Crippen LogP contribution in [0.3, 0.4) is 0 Å². The van der Waals surface area contributed by atoms with E-state index in [4.69, 9.17) is 0 Å². The second-order valence-corrected chi connectivity index (χ2v) is 16.5. The van der Waals surface area contributed by atoms with Crippen molar-refractivity contribution in [2.24, 2.45) is 0 Å². The molecule has 0 aliphatic heterocycles. The van der Waals surface area contributed by atoms with E-state index in [2.05, 4.69) is 264 Å². The monoisotopic (exact) mass is 814 g/mol. The first-order valence-corrected chi connectivity index (χ1v) is 22.0. The van der Waals surface area contributed by atoms with Gasteiger partial charge in [-0.2, -0.15) is 0 Å². The molecule has 12 aromatic rings. The maximum Gasteiger partial charge on any atom is 0.0541 e. The number of fused-ring (bicyclic) bond motifs is 5. The van der Waals surface area contributed by atoms with Crippen LogP contribution in [0.15, 0.2) is 255 Å². The van der Waals surface area contributed by atoms with E-state index < -0.39 is 0 Å². The van der Waals surface area contributed by atoms with Crippen molar-refractivity contribution in [3.05, 3.63) is 255 Å². The van der Waals surface area contributed by atoms with Crippen LogP contribution in [-0.2, 0) is 0 Å². The predicted octanol–water partition coefficient (Wildman–Crippen LogP) is 17.2. The van der Waals surface area contributed by atoms with E-state index in [1.807, 2.05) is 0 Å². The average molecular weight is 815 g/mol. The van der Waals surface area contributed by atoms with E-state index in [1.54, 1.807) is 0 Å². The first kappa shape index (κ1) is 37.3. The Morgan fingerprint density at radius 3 is 1.31 bits per heavy atom. The molecule has 0 amide bonds. The topological polar surface area (TPSA) is 8.17 Å². The number of para-hydroxylation sites is 3. The Kier molecular flexibility index (Phi) is 9.20. The van der Waals surface area contributed by atoms with E-state index in [1.165, 1.54) is 82.3 Å². The lowest BCUT2D eigenvalue weighted by Crippen LogP contribution is -2.11. The van der Waals surface area contributed by atoms with Gasteiger partial charge in [0.1, 0.15) is 0 Å². The van der Waals surface area contributed by atoms with Crippen molar-refractivity contribution >= 4 is 60.4 Å². The van der Waals surface area contributed by atoms with Crippen LogP contribution in [0, 0.1) is 0 Å². The molecular weight excluding hydrogens is 773 g/mol. The molecule has 1 aromatic heterocycles. The molecule has 2 nitrogen and oxygen atoms in total. The number of hydrogen-bond acceptors (Lipinski definition) is 1. The third kappa shape index (κ3) is 6.52. The van der Waals surface area contributed by atoms with Crippen LogP contribution in [0.4, 0.5) is 17.1 Å². The van der Waals surface area contributed by atoms with Gasteiger partial charge in [0.15, 0.2) is 0 Å². The Morgan fingerprint density at radius 2 is 0.688 bits per heavy atom. The minimum Gasteiger partial charge on any atom is -0.310 e. The molecule has 0 aliphatic carbocycles. The zero-order valence-electron chi connectivity index (χ0n) is 35.1. The Hall–Kier alpha value is -8.46. The standard InChI is InChI=1S/C62H42N2/c1-3-20-53-46(14-1)16-12-25-54(53)48-32-30-43(31-33-48)44-34-38-50(39-35-44)63(60-27-8-5-22-57(60)56-26-13-17-47-15-2-4-21-55(47)56)51-40-36-45(37-41-51)49-18-11-19-52(42-49)64-61-28-9-6-23-58(61)59-24-7-10-29-62(59)64/h1-42H. The molecule has 11 aromatic carbocycles. The summed E-state index contributed by atoms with van der Waals surface area (Å²) >= 11 is 0. The second kappa shape index (κ2) is 15.8. The van der Waals surface area contributed by atoms with E-state index >= 15 is 0 Å². The molecule has 0 bridgehead atoms. The maximum atomic E-state index is 2.41. The Balaban J connectivity index is 0.934. The summed E-state index contributed by atoms with van der Waals surface area (Å²) in [5.74, 6) is 0. The number of benzene rings is 11. The summed E-state index contributed by atoms with van der Waals surface area (Å²) in [7, 11) is 0. The molecule has 0 spiro atoms. The largest absolute Gasteiger partial charge is 0.310 e. The first-order valence-electron chi connectivity index (χ1n) is 22.0. The molecule has 300 valence electrons. The number of rotatable bonds is 8. The zero-order valence-corrected chi connectivity index (χ0v) is 35.1. The van der Waals surface area contributed by atoms with Gasteiger partial charge in [-0.05, 0) is 115 Å². The summed E-state index contributed by atoms with van der Waals surface area (Å²) < 4.78 is 2.39. The molecule has 12 rings (SSSR count). The van der Waals surface area contributed by atoms with Crippen LogP contribution in [0.2, 0.25) is 0 Å². The normalized spacial score (nSPS) is 11.4. The van der Waals surface area contributed by atoms with Gasteiger partial charge in [0.25, 0.3) is 0 Å². The first-order chi connectivity index (χ1) is 31.7. The smallest absolute Gasteiger partial charge is 0.0541 e. The molecule has 2 heteroatoms. The SMILES string of the molecule is c1cc(-c2ccc(N(c3ccc(-c4ccc(-c5cccc6ccccc56)cc4)cc3)c3ccccc3-c3cccc4ccccc34)cc2)cc(-n2c3ccccc3c3ccccc32)c1. The van der Waals surface area contributed by atoms with Crippen molar-refractivity contribution in [2.45, 2.75) is 0 Å². The highest BCUT2D eigenvalue weighted by molar-refractivity contribution is 6.09. The van der Waals surface area contributed by atoms with Crippen LogP contribution in [-0.4, -0.2) is 4.57 Å². The van der Waals surface area contributed by atoms with Gasteiger partial charge in [0, 0.05) is 33.4 Å². The third-order valence-corrected chi connectivity index (χ3v) is 12.8. The fraction of sp³-hybridized carbons (Fsp3) is 0. The highest BCUT2D eigenvalue weighted by atomic mass is 15.1. The molecular formula is C62H42N2. The summed E-state index contributed by atoms with van der Waals surface area (Å²) in [6.45, 7) is 0. The molecule has 0 radical (unpaired) electrons. The average Bonchev–Trinajstić information content (AvgIpc) is 3.71. The minimum atomic E-state index is 1.09. The van der Waals surface area contributed by atoms with Crippen molar-refractivity contribution in [3.63, 3.8) is 0 Å². The molecule has 0 fully saturated rings. The van der Waals surface area contributed by atoms with Crippen molar-refractivity contribution in [2.75, 3.05) is 4.90 Å². The molecule has 0 saturated carbocycles. The van der Waals surface area contributed by atoms with Crippen molar-refractivity contribution in [1.29, 1.82) is 0 Å². The van der Waals surface area contributed by atoms with Crippen molar-refractivity contribution in [1.82, 2.24) is 4.57 Å². The highest BCUT2D eigenvalue weighted by Gasteiger charge is 2.19. The van der Waals surface area contributed by atoms with E-state index in [0.717, 1.165) is 28.3 Å². The molecule has 1 heterocycles. The summed E-state index contributed by atoms with van der Waals surface area (Å²) in [4.78, 5) is 2.41. The predicted molar refractivity (Wildman–Crippen MR) is 272 cm³/mol. The van der Waals surface area contributed by atoms with E-state index in [-0.39, 0.29) is 0 Å². The molecule has 0 aliphatic rings. The lowest BCUT2D eigenvalue weighted by Gasteiger charge is -2.28. The van der Waals surface area contributed by atoms with Crippen LogP contribution in [0.5, 0.6) is 0 Å². The summed E-state index contributed by atoms with van der Waals surface area (Å²) in [6.07, 6.45) is 0. The number of aromatic nitrogens is 1. The number of nitrogens with zero attached hydrogens (tertiary/aromatic N) is 2. The lowest BCUT2D eigenvalue weighted by molar-refractivity contribution is 1.18. The number of anilines is 3. The van der Waals surface area contributed by atoms with Crippen LogP contribution in [0.25, 0.3) is 93.5 Å². The molecule has 0 N–H and O–H groups in total. The van der Waals surface area contributed by atoms with Gasteiger partial charge >= 0.3 is 0 Å². The van der Waals surface area contributed by atoms with Gasteiger partial charge in [-0.25, -0.2) is 0 Å². The third-order valence-electron chi connectivity index (χ3n) is 12.8. The second-order valence-electron chi connectivity index (χ2n) is 16.5. The van der Waals surface area contributed by atoms with Gasteiger partial charge in [-0.15, -0.1) is 0 Å². The van der Waals surface area contributed by atoms with E-state index in [9.17, 15) is 0 Å². The quantitative estimate of drug-likeness (QED) is 0.148. The molecule has 0 saturated heterocycles.